The zero-order valence-electron chi connectivity index (χ0n) is 24.8. The SMILES string of the molecule is Bc1ccc2c(c1)C(=O)/C(=C/C=C1N(c3c(C)cccc3C)c3nc4ccccc4nc3N1c1c(C)cccc1C)C2=O. The van der Waals surface area contributed by atoms with Crippen molar-refractivity contribution in [2.75, 3.05) is 9.80 Å². The highest BCUT2D eigenvalue weighted by atomic mass is 16.2. The van der Waals surface area contributed by atoms with Crippen LogP contribution in [-0.2, 0) is 0 Å². The van der Waals surface area contributed by atoms with E-state index in [0.29, 0.717) is 22.8 Å². The number of Topliss-reactive ketones (excluding diaryl/α,β-unsaturated/α-hetero) is 2. The Labute approximate surface area is 251 Å². The Hall–Kier alpha value is -5.30. The van der Waals surface area contributed by atoms with Gasteiger partial charge in [0.15, 0.2) is 23.2 Å². The lowest BCUT2D eigenvalue weighted by Gasteiger charge is -2.28. The molecule has 0 N–H and O–H groups in total. The number of benzene rings is 4. The van der Waals surface area contributed by atoms with Gasteiger partial charge in [0.25, 0.3) is 0 Å². The van der Waals surface area contributed by atoms with Crippen LogP contribution in [0, 0.1) is 27.7 Å². The van der Waals surface area contributed by atoms with Crippen LogP contribution >= 0.6 is 0 Å². The first-order chi connectivity index (χ1) is 20.7. The molecule has 7 rings (SSSR count). The molecule has 0 saturated carbocycles. The second-order valence-corrected chi connectivity index (χ2v) is 11.3. The Morgan fingerprint density at radius 3 is 1.60 bits per heavy atom. The molecule has 1 aromatic heterocycles. The molecule has 43 heavy (non-hydrogen) atoms. The number of anilines is 4. The maximum atomic E-state index is 13.5. The average Bonchev–Trinajstić information content (AvgIpc) is 3.40. The van der Waals surface area contributed by atoms with E-state index >= 15 is 0 Å². The van der Waals surface area contributed by atoms with Crippen molar-refractivity contribution in [3.63, 3.8) is 0 Å². The second-order valence-electron chi connectivity index (χ2n) is 11.3. The number of rotatable bonds is 3. The van der Waals surface area contributed by atoms with E-state index in [0.717, 1.165) is 55.9 Å². The second kappa shape index (κ2) is 9.91. The van der Waals surface area contributed by atoms with E-state index < -0.39 is 0 Å². The fraction of sp³-hybridized carbons (Fsp3) is 0.111. The molecule has 0 unspecified atom stereocenters. The number of aromatic nitrogens is 2. The summed E-state index contributed by atoms with van der Waals surface area (Å²) in [6.45, 7) is 8.32. The van der Waals surface area contributed by atoms with Crippen LogP contribution < -0.4 is 15.3 Å². The van der Waals surface area contributed by atoms with Crippen LogP contribution in [0.5, 0.6) is 0 Å². The molecule has 5 aromatic rings. The number of hydrogen-bond acceptors (Lipinski definition) is 6. The van der Waals surface area contributed by atoms with Gasteiger partial charge in [0.2, 0.25) is 0 Å². The molecule has 0 saturated heterocycles. The Bertz CT molecular complexity index is 1960. The van der Waals surface area contributed by atoms with E-state index in [4.69, 9.17) is 9.97 Å². The highest BCUT2D eigenvalue weighted by molar-refractivity contribution is 6.41. The van der Waals surface area contributed by atoms with Crippen LogP contribution in [0.25, 0.3) is 11.0 Å². The summed E-state index contributed by atoms with van der Waals surface area (Å²) in [7, 11) is 1.92. The minimum Gasteiger partial charge on any atom is -0.288 e. The molecule has 1 aliphatic heterocycles. The van der Waals surface area contributed by atoms with Gasteiger partial charge in [-0.25, -0.2) is 9.97 Å². The molecule has 7 heteroatoms. The number of nitrogens with zero attached hydrogens (tertiary/aromatic N) is 4. The number of para-hydroxylation sites is 4. The van der Waals surface area contributed by atoms with Crippen molar-refractivity contribution >= 4 is 58.9 Å². The molecular formula is C36H29BN4O2. The molecule has 0 fully saturated rings. The van der Waals surface area contributed by atoms with Crippen LogP contribution in [0.2, 0.25) is 0 Å². The standard InChI is InChI=1S/C36H29BN4O2/c1-20-9-7-10-21(2)31(20)40-30(18-17-26-33(42)25-16-15-24(37)19-27(25)34(26)43)41(32-22(3)11-8-12-23(32)4)36-35(40)38-28-13-5-6-14-29(28)39-36/h5-19H,37H2,1-4H3/b26-17+. The van der Waals surface area contributed by atoms with Gasteiger partial charge >= 0.3 is 0 Å². The minimum absolute atomic E-state index is 0.151. The third kappa shape index (κ3) is 4.11. The molecule has 0 bridgehead atoms. The lowest BCUT2D eigenvalue weighted by Crippen LogP contribution is -2.24. The molecule has 208 valence electrons. The lowest BCUT2D eigenvalue weighted by molar-refractivity contribution is 0.0988. The number of carbonyl (C=O) groups excluding carboxylic acids is 2. The maximum Gasteiger partial charge on any atom is 0.197 e. The van der Waals surface area contributed by atoms with Crippen molar-refractivity contribution in [1.82, 2.24) is 9.97 Å². The van der Waals surface area contributed by atoms with Gasteiger partial charge in [-0.3, -0.25) is 19.4 Å². The lowest BCUT2D eigenvalue weighted by atomic mass is 9.93. The van der Waals surface area contributed by atoms with Crippen LogP contribution in [0.15, 0.2) is 102 Å². The Kier molecular flexibility index (Phi) is 6.13. The summed E-state index contributed by atoms with van der Waals surface area (Å²) in [5.74, 6) is 1.60. The van der Waals surface area contributed by atoms with Gasteiger partial charge in [-0.1, -0.05) is 72.2 Å². The topological polar surface area (TPSA) is 66.4 Å². The quantitative estimate of drug-likeness (QED) is 0.148. The molecule has 4 aromatic carbocycles. The Morgan fingerprint density at radius 1 is 0.605 bits per heavy atom. The Morgan fingerprint density at radius 2 is 1.09 bits per heavy atom. The maximum absolute atomic E-state index is 13.5. The highest BCUT2D eigenvalue weighted by Crippen LogP contribution is 2.51. The van der Waals surface area contributed by atoms with E-state index in [9.17, 15) is 9.59 Å². The predicted octanol–water partition coefficient (Wildman–Crippen LogP) is 6.26. The summed E-state index contributed by atoms with van der Waals surface area (Å²) >= 11 is 0. The van der Waals surface area contributed by atoms with Crippen LogP contribution in [0.4, 0.5) is 23.0 Å². The van der Waals surface area contributed by atoms with E-state index in [1.54, 1.807) is 18.2 Å². The fourth-order valence-electron chi connectivity index (χ4n) is 6.25. The smallest absolute Gasteiger partial charge is 0.197 e. The van der Waals surface area contributed by atoms with Crippen molar-refractivity contribution in [1.29, 1.82) is 0 Å². The molecule has 0 atom stereocenters. The molecule has 0 spiro atoms. The van der Waals surface area contributed by atoms with Crippen LogP contribution in [0.1, 0.15) is 43.0 Å². The first-order valence-electron chi connectivity index (χ1n) is 14.4. The normalized spacial score (nSPS) is 15.1. The number of ketones is 2. The third-order valence-corrected chi connectivity index (χ3v) is 8.30. The summed E-state index contributed by atoms with van der Waals surface area (Å²) in [5, 5.41) is 0. The average molecular weight is 560 g/mol. The zero-order valence-corrected chi connectivity index (χ0v) is 24.8. The molecule has 1 aliphatic carbocycles. The Balaban J connectivity index is 1.54. The summed E-state index contributed by atoms with van der Waals surface area (Å²) < 4.78 is 0. The molecule has 0 radical (unpaired) electrons. The van der Waals surface area contributed by atoms with Gasteiger partial charge in [0, 0.05) is 11.1 Å². The van der Waals surface area contributed by atoms with E-state index in [1.165, 1.54) is 0 Å². The first-order valence-corrected chi connectivity index (χ1v) is 14.4. The number of fused-ring (bicyclic) bond motifs is 3. The number of allylic oxidation sites excluding steroid dienone is 3. The number of hydrogen-bond donors (Lipinski definition) is 0. The van der Waals surface area contributed by atoms with Crippen molar-refractivity contribution < 1.29 is 9.59 Å². The van der Waals surface area contributed by atoms with Crippen LogP contribution in [-0.4, -0.2) is 29.4 Å². The van der Waals surface area contributed by atoms with Crippen molar-refractivity contribution in [3.05, 3.63) is 136 Å². The van der Waals surface area contributed by atoms with Gasteiger partial charge in [-0.2, -0.15) is 0 Å². The van der Waals surface area contributed by atoms with E-state index in [2.05, 4.69) is 61.8 Å². The van der Waals surface area contributed by atoms with Gasteiger partial charge in [0.05, 0.1) is 28.0 Å². The third-order valence-electron chi connectivity index (χ3n) is 8.30. The van der Waals surface area contributed by atoms with Crippen LogP contribution in [0.3, 0.4) is 0 Å². The summed E-state index contributed by atoms with van der Waals surface area (Å²) in [4.78, 5) is 41.5. The largest absolute Gasteiger partial charge is 0.288 e. The highest BCUT2D eigenvalue weighted by Gasteiger charge is 2.39. The molecule has 6 nitrogen and oxygen atoms in total. The summed E-state index contributed by atoms with van der Waals surface area (Å²) in [5.41, 5.74) is 9.80. The molecular weight excluding hydrogens is 531 g/mol. The number of carbonyl (C=O) groups is 2. The van der Waals surface area contributed by atoms with Gasteiger partial charge in [0.1, 0.15) is 13.7 Å². The van der Waals surface area contributed by atoms with Crippen molar-refractivity contribution in [2.24, 2.45) is 0 Å². The van der Waals surface area contributed by atoms with Gasteiger partial charge in [-0.15, -0.1) is 0 Å². The minimum atomic E-state index is -0.258. The number of aryl methyl sites for hydroxylation is 4. The van der Waals surface area contributed by atoms with Crippen molar-refractivity contribution in [3.8, 4) is 0 Å². The molecule has 2 aliphatic rings. The van der Waals surface area contributed by atoms with E-state index in [-0.39, 0.29) is 17.1 Å². The van der Waals surface area contributed by atoms with Crippen molar-refractivity contribution in [2.45, 2.75) is 27.7 Å². The fourth-order valence-corrected chi connectivity index (χ4v) is 6.25. The monoisotopic (exact) mass is 560 g/mol. The molecule has 2 heterocycles. The van der Waals surface area contributed by atoms with E-state index in [1.807, 2.05) is 56.4 Å². The van der Waals surface area contributed by atoms with Gasteiger partial charge < -0.3 is 0 Å². The summed E-state index contributed by atoms with van der Waals surface area (Å²) in [6.07, 6.45) is 3.54. The zero-order chi connectivity index (χ0) is 30.0. The first kappa shape index (κ1) is 26.6. The predicted molar refractivity (Wildman–Crippen MR) is 175 cm³/mol. The molecule has 0 amide bonds. The van der Waals surface area contributed by atoms with Gasteiger partial charge in [-0.05, 0) is 74.2 Å². The summed E-state index contributed by atoms with van der Waals surface area (Å²) in [6, 6.07) is 25.7.